The van der Waals surface area contributed by atoms with E-state index in [0.717, 1.165) is 24.6 Å². The Hall–Kier alpha value is -2.96. The van der Waals surface area contributed by atoms with Crippen LogP contribution in [-0.4, -0.2) is 71.0 Å². The fourth-order valence-corrected chi connectivity index (χ4v) is 8.35. The zero-order valence-electron chi connectivity index (χ0n) is 22.7. The number of carbonyl (C=O) groups excluding carboxylic acids is 1. The second-order valence-corrected chi connectivity index (χ2v) is 15.7. The molecule has 3 aromatic rings. The normalized spacial score (nSPS) is 16.2. The van der Waals surface area contributed by atoms with E-state index in [9.17, 15) is 43.4 Å². The van der Waals surface area contributed by atoms with E-state index in [1.807, 2.05) is 9.47 Å². The van der Waals surface area contributed by atoms with E-state index >= 15 is 4.39 Å². The van der Waals surface area contributed by atoms with E-state index in [1.165, 1.54) is 30.3 Å². The molecule has 1 amide bonds. The van der Waals surface area contributed by atoms with Crippen LogP contribution < -0.4 is 10.3 Å². The van der Waals surface area contributed by atoms with Crippen LogP contribution in [0.15, 0.2) is 58.9 Å². The monoisotopic (exact) mass is 653 g/mol. The molecule has 1 saturated heterocycles. The number of anilines is 1. The lowest BCUT2D eigenvalue weighted by Gasteiger charge is -2.36. The van der Waals surface area contributed by atoms with Gasteiger partial charge in [-0.05, 0) is 60.9 Å². The van der Waals surface area contributed by atoms with Gasteiger partial charge in [-0.2, -0.15) is 0 Å². The van der Waals surface area contributed by atoms with Gasteiger partial charge in [-0.25, -0.2) is 4.39 Å². The van der Waals surface area contributed by atoms with E-state index < -0.39 is 38.3 Å². The third-order valence-corrected chi connectivity index (χ3v) is 12.2. The van der Waals surface area contributed by atoms with Crippen molar-refractivity contribution in [2.24, 2.45) is 0 Å². The average molecular weight is 654 g/mol. The Morgan fingerprint density at radius 3 is 2.16 bits per heavy atom. The van der Waals surface area contributed by atoms with Crippen molar-refractivity contribution < 1.29 is 43.0 Å². The summed E-state index contributed by atoms with van der Waals surface area (Å²) in [5.41, 5.74) is 0.727. The van der Waals surface area contributed by atoms with Crippen LogP contribution in [0.2, 0.25) is 0 Å². The summed E-state index contributed by atoms with van der Waals surface area (Å²) in [6.07, 6.45) is 2.85. The van der Waals surface area contributed by atoms with E-state index in [-0.39, 0.29) is 28.0 Å². The zero-order valence-corrected chi connectivity index (χ0v) is 25.3. The first-order chi connectivity index (χ1) is 20.1. The number of pyridine rings is 1. The second-order valence-electron chi connectivity index (χ2n) is 10.6. The number of aliphatic hydroxyl groups excluding tert-OH is 1. The molecule has 1 aliphatic carbocycles. The highest BCUT2D eigenvalue weighted by atomic mass is 32.2. The van der Waals surface area contributed by atoms with Crippen LogP contribution in [0.25, 0.3) is 16.7 Å². The molecular formula is C27H30FN3O9P2S. The molecule has 12 nitrogen and oxygen atoms in total. The molecule has 5 rings (SSSR count). The molecule has 1 aromatic heterocycles. The van der Waals surface area contributed by atoms with Gasteiger partial charge in [-0.3, -0.25) is 18.7 Å². The molecular weight excluding hydrogens is 623 g/mol. The Bertz CT molecular complexity index is 1720. The smallest absolute Gasteiger partial charge is 0.341 e. The van der Waals surface area contributed by atoms with Crippen molar-refractivity contribution in [1.82, 2.24) is 9.47 Å². The number of aliphatic hydroxyl groups is 1. The lowest BCUT2D eigenvalue weighted by atomic mass is 10.1. The number of hydrogen-bond acceptors (Lipinski definition) is 7. The van der Waals surface area contributed by atoms with Crippen LogP contribution in [0.3, 0.4) is 0 Å². The van der Waals surface area contributed by atoms with Gasteiger partial charge in [0, 0.05) is 48.7 Å². The van der Waals surface area contributed by atoms with E-state index in [4.69, 9.17) is 0 Å². The SMILES string of the molecule is C=C(O)c1cn(C2CC2)c2cc(N3CCN(C(=O)Sc4ccc(CC(P(=O)(O)O)P(=O)(O)O)cc4)CC3)c(F)cc2c1=O. The molecule has 0 radical (unpaired) electrons. The predicted octanol–water partition coefficient (Wildman–Crippen LogP) is 4.26. The first-order valence-corrected chi connectivity index (χ1v) is 17.5. The highest BCUT2D eigenvalue weighted by Crippen LogP contribution is 2.60. The van der Waals surface area contributed by atoms with E-state index in [1.54, 1.807) is 17.2 Å². The molecule has 0 bridgehead atoms. The van der Waals surface area contributed by atoms with Crippen molar-refractivity contribution in [3.63, 3.8) is 0 Å². The largest absolute Gasteiger partial charge is 0.508 e. The molecule has 2 heterocycles. The summed E-state index contributed by atoms with van der Waals surface area (Å²) in [6.45, 7) is 4.78. The summed E-state index contributed by atoms with van der Waals surface area (Å²) in [4.78, 5) is 67.2. The van der Waals surface area contributed by atoms with Gasteiger partial charge < -0.3 is 39.0 Å². The Balaban J connectivity index is 1.25. The number of amides is 1. The number of hydrogen-bond donors (Lipinski definition) is 5. The highest BCUT2D eigenvalue weighted by molar-refractivity contribution is 8.13. The van der Waals surface area contributed by atoms with Crippen LogP contribution in [-0.2, 0) is 15.6 Å². The van der Waals surface area contributed by atoms with Crippen LogP contribution in [0.4, 0.5) is 14.9 Å². The minimum absolute atomic E-state index is 0.0392. The molecule has 43 heavy (non-hydrogen) atoms. The summed E-state index contributed by atoms with van der Waals surface area (Å²) < 4.78 is 40.3. The third kappa shape index (κ3) is 6.91. The summed E-state index contributed by atoms with van der Waals surface area (Å²) >= 11 is 0.930. The first kappa shape index (κ1) is 31.5. The maximum atomic E-state index is 15.3. The number of aromatic nitrogens is 1. The minimum atomic E-state index is -5.05. The average Bonchev–Trinajstić information content (AvgIpc) is 3.77. The molecule has 2 aromatic carbocycles. The number of benzene rings is 2. The standard InChI is InChI=1S/C27H30FN3O9P2S/c1-16(32)21-15-31(18-4-5-18)23-14-24(22(28)13-20(23)26(21)33)29-8-10-30(11-9-29)27(34)43-19-6-2-17(3-7-19)12-25(41(35,36)37)42(38,39)40/h2-3,6-7,13-15,18,25,32H,1,4-5,8-12H2,(H2,35,36,37)(H2,38,39,40). The second kappa shape index (κ2) is 11.9. The third-order valence-electron chi connectivity index (χ3n) is 7.55. The molecule has 230 valence electrons. The fraction of sp³-hybridized carbons (Fsp3) is 0.333. The number of nitrogens with zero attached hydrogens (tertiary/aromatic N) is 3. The maximum Gasteiger partial charge on any atom is 0.341 e. The fourth-order valence-electron chi connectivity index (χ4n) is 5.09. The summed E-state index contributed by atoms with van der Waals surface area (Å²) in [5.74, 6) is -0.949. The quantitative estimate of drug-likeness (QED) is 0.133. The van der Waals surface area contributed by atoms with Crippen molar-refractivity contribution >= 4 is 54.5 Å². The van der Waals surface area contributed by atoms with Crippen molar-refractivity contribution in [3.05, 3.63) is 76.3 Å². The number of rotatable bonds is 8. The van der Waals surface area contributed by atoms with E-state index in [0.29, 0.717) is 47.8 Å². The summed E-state index contributed by atoms with van der Waals surface area (Å²) in [5, 5.41) is 7.64. The first-order valence-electron chi connectivity index (χ1n) is 13.3. The molecule has 1 saturated carbocycles. The van der Waals surface area contributed by atoms with Gasteiger partial charge in [0.2, 0.25) is 0 Å². The maximum absolute atomic E-state index is 15.3. The van der Waals surface area contributed by atoms with Gasteiger partial charge >= 0.3 is 15.2 Å². The minimum Gasteiger partial charge on any atom is -0.508 e. The molecule has 0 unspecified atom stereocenters. The lowest BCUT2D eigenvalue weighted by Crippen LogP contribution is -2.48. The van der Waals surface area contributed by atoms with E-state index in [2.05, 4.69) is 6.58 Å². The van der Waals surface area contributed by atoms with Gasteiger partial charge in [0.05, 0.1) is 16.8 Å². The highest BCUT2D eigenvalue weighted by Gasteiger charge is 2.43. The molecule has 5 N–H and O–H groups in total. The summed E-state index contributed by atoms with van der Waals surface area (Å²) in [7, 11) is -10.1. The summed E-state index contributed by atoms with van der Waals surface area (Å²) in [6, 6.07) is 8.96. The number of fused-ring (bicyclic) bond motifs is 1. The Kier molecular flexibility index (Phi) is 8.67. The van der Waals surface area contributed by atoms with Gasteiger partial charge in [0.25, 0.3) is 5.24 Å². The Morgan fingerprint density at radius 1 is 1.02 bits per heavy atom. The topological polar surface area (TPSA) is 181 Å². The molecule has 16 heteroatoms. The van der Waals surface area contributed by atoms with Crippen LogP contribution in [0.1, 0.15) is 30.0 Å². The Labute approximate surface area is 249 Å². The van der Waals surface area contributed by atoms with Crippen molar-refractivity contribution in [2.75, 3.05) is 31.1 Å². The van der Waals surface area contributed by atoms with Gasteiger partial charge in [-0.1, -0.05) is 18.7 Å². The number of piperazine rings is 1. The van der Waals surface area contributed by atoms with Crippen LogP contribution >= 0.6 is 27.0 Å². The van der Waals surface area contributed by atoms with Gasteiger partial charge in [-0.15, -0.1) is 0 Å². The zero-order chi connectivity index (χ0) is 31.3. The van der Waals surface area contributed by atoms with Gasteiger partial charge in [0.1, 0.15) is 11.6 Å². The van der Waals surface area contributed by atoms with Crippen molar-refractivity contribution in [1.29, 1.82) is 0 Å². The van der Waals surface area contributed by atoms with Crippen molar-refractivity contribution in [2.45, 2.75) is 35.6 Å². The Morgan fingerprint density at radius 2 is 1.63 bits per heavy atom. The van der Waals surface area contributed by atoms with Crippen LogP contribution in [0.5, 0.6) is 0 Å². The molecule has 0 atom stereocenters. The van der Waals surface area contributed by atoms with Gasteiger partial charge in [0.15, 0.2) is 10.8 Å². The number of thioether (sulfide) groups is 1. The predicted molar refractivity (Wildman–Crippen MR) is 161 cm³/mol. The number of halogens is 1. The van der Waals surface area contributed by atoms with Crippen LogP contribution in [0, 0.1) is 5.82 Å². The molecule has 1 aliphatic heterocycles. The van der Waals surface area contributed by atoms with Crippen molar-refractivity contribution in [3.8, 4) is 0 Å². The number of carbonyl (C=O) groups is 1. The molecule has 0 spiro atoms. The lowest BCUT2D eigenvalue weighted by molar-refractivity contribution is 0.219. The molecule has 2 aliphatic rings. The molecule has 2 fully saturated rings.